The van der Waals surface area contributed by atoms with Crippen LogP contribution in [-0.4, -0.2) is 54.0 Å². The summed E-state index contributed by atoms with van der Waals surface area (Å²) in [5, 5.41) is 6.82. The van der Waals surface area contributed by atoms with Gasteiger partial charge in [0.2, 0.25) is 11.9 Å². The lowest BCUT2D eigenvalue weighted by molar-refractivity contribution is -0.114. The summed E-state index contributed by atoms with van der Waals surface area (Å²) in [5.74, 6) is 0.0197. The first-order chi connectivity index (χ1) is 17.0. The number of hydrogen-bond acceptors (Lipinski definition) is 6. The SMILES string of the molecule is CC(=O)Nc1ccc(-c2cccc3cnc(Nc4ccc(N5CCN(C)CC5)c(F)c4)nc23)cc1. The molecule has 2 N–H and O–H groups in total. The molecule has 5 rings (SSSR count). The molecule has 0 saturated carbocycles. The molecule has 1 aliphatic rings. The van der Waals surface area contributed by atoms with Crippen LogP contribution in [0.15, 0.2) is 66.9 Å². The van der Waals surface area contributed by atoms with Crippen LogP contribution in [0.2, 0.25) is 0 Å². The summed E-state index contributed by atoms with van der Waals surface area (Å²) in [5.41, 5.74) is 4.65. The molecule has 1 fully saturated rings. The minimum absolute atomic E-state index is 0.112. The largest absolute Gasteiger partial charge is 0.367 e. The molecule has 7 nitrogen and oxygen atoms in total. The summed E-state index contributed by atoms with van der Waals surface area (Å²) in [6, 6.07) is 18.7. The van der Waals surface area contributed by atoms with E-state index >= 15 is 0 Å². The van der Waals surface area contributed by atoms with Crippen LogP contribution in [0.3, 0.4) is 0 Å². The molecule has 0 atom stereocenters. The second kappa shape index (κ2) is 9.68. The third kappa shape index (κ3) is 5.07. The standard InChI is InChI=1S/C27H27FN6O/c1-18(35)30-21-8-6-19(7-9-21)23-5-3-4-20-17-29-27(32-26(20)23)31-22-10-11-25(24(28)16-22)34-14-12-33(2)13-15-34/h3-11,16-17H,12-15H2,1-2H3,(H,30,35)(H,29,31,32). The van der Waals surface area contributed by atoms with E-state index in [-0.39, 0.29) is 11.7 Å². The molecule has 8 heteroatoms. The van der Waals surface area contributed by atoms with Gasteiger partial charge in [0.05, 0.1) is 11.2 Å². The number of anilines is 4. The van der Waals surface area contributed by atoms with Crippen LogP contribution in [-0.2, 0) is 4.79 Å². The molecule has 0 aliphatic carbocycles. The van der Waals surface area contributed by atoms with Crippen molar-refractivity contribution in [2.45, 2.75) is 6.92 Å². The van der Waals surface area contributed by atoms with Crippen molar-refractivity contribution < 1.29 is 9.18 Å². The number of piperazine rings is 1. The summed E-state index contributed by atoms with van der Waals surface area (Å²) in [7, 11) is 2.08. The fraction of sp³-hybridized carbons (Fsp3) is 0.222. The van der Waals surface area contributed by atoms with E-state index < -0.39 is 0 Å². The predicted molar refractivity (Wildman–Crippen MR) is 139 cm³/mol. The Morgan fingerprint density at radius 1 is 0.971 bits per heavy atom. The number of carbonyl (C=O) groups excluding carboxylic acids is 1. The molecule has 0 unspecified atom stereocenters. The number of rotatable bonds is 5. The van der Waals surface area contributed by atoms with Gasteiger partial charge in [0.15, 0.2) is 0 Å². The Bertz CT molecular complexity index is 1370. The molecule has 35 heavy (non-hydrogen) atoms. The van der Waals surface area contributed by atoms with Crippen molar-refractivity contribution >= 4 is 39.8 Å². The highest BCUT2D eigenvalue weighted by Gasteiger charge is 2.18. The summed E-state index contributed by atoms with van der Waals surface area (Å²) >= 11 is 0. The lowest BCUT2D eigenvalue weighted by Crippen LogP contribution is -2.44. The zero-order chi connectivity index (χ0) is 24.4. The zero-order valence-electron chi connectivity index (χ0n) is 19.8. The van der Waals surface area contributed by atoms with E-state index in [1.165, 1.54) is 13.0 Å². The first-order valence-corrected chi connectivity index (χ1v) is 11.6. The highest BCUT2D eigenvalue weighted by atomic mass is 19.1. The number of nitrogens with zero attached hydrogens (tertiary/aromatic N) is 4. The maximum Gasteiger partial charge on any atom is 0.227 e. The highest BCUT2D eigenvalue weighted by molar-refractivity contribution is 5.94. The second-order valence-corrected chi connectivity index (χ2v) is 8.78. The Morgan fingerprint density at radius 3 is 2.43 bits per heavy atom. The number of likely N-dealkylation sites (N-methyl/N-ethyl adjacent to an activating group) is 1. The second-order valence-electron chi connectivity index (χ2n) is 8.78. The zero-order valence-corrected chi connectivity index (χ0v) is 19.8. The first-order valence-electron chi connectivity index (χ1n) is 11.6. The monoisotopic (exact) mass is 470 g/mol. The molecule has 0 bridgehead atoms. The van der Waals surface area contributed by atoms with Crippen LogP contribution in [0.1, 0.15) is 6.92 Å². The van der Waals surface area contributed by atoms with Crippen LogP contribution in [0.4, 0.5) is 27.4 Å². The summed E-state index contributed by atoms with van der Waals surface area (Å²) in [6.07, 6.45) is 1.76. The first kappa shape index (κ1) is 22.7. The number of para-hydroxylation sites is 1. The molecule has 1 saturated heterocycles. The average Bonchev–Trinajstić information content (AvgIpc) is 2.85. The van der Waals surface area contributed by atoms with Crippen LogP contribution in [0.5, 0.6) is 0 Å². The Balaban J connectivity index is 1.40. The topological polar surface area (TPSA) is 73.4 Å². The Labute approximate surface area is 203 Å². The van der Waals surface area contributed by atoms with Gasteiger partial charge in [0, 0.05) is 61.6 Å². The number of carbonyl (C=O) groups is 1. The van der Waals surface area contributed by atoms with Crippen molar-refractivity contribution in [2.24, 2.45) is 0 Å². The number of halogens is 1. The minimum atomic E-state index is -0.264. The number of amides is 1. The number of aromatic nitrogens is 2. The molecule has 3 aromatic carbocycles. The van der Waals surface area contributed by atoms with Gasteiger partial charge in [-0.25, -0.2) is 14.4 Å². The van der Waals surface area contributed by atoms with Gasteiger partial charge in [-0.2, -0.15) is 0 Å². The normalized spacial score (nSPS) is 14.2. The molecule has 1 amide bonds. The van der Waals surface area contributed by atoms with Crippen LogP contribution in [0.25, 0.3) is 22.0 Å². The van der Waals surface area contributed by atoms with Crippen molar-refractivity contribution in [3.8, 4) is 11.1 Å². The summed E-state index contributed by atoms with van der Waals surface area (Å²) in [4.78, 5) is 24.8. The molecule has 0 spiro atoms. The average molecular weight is 471 g/mol. The summed E-state index contributed by atoms with van der Waals surface area (Å²) < 4.78 is 14.9. The van der Waals surface area contributed by atoms with Crippen molar-refractivity contribution in [3.63, 3.8) is 0 Å². The van der Waals surface area contributed by atoms with Gasteiger partial charge in [-0.05, 0) is 42.9 Å². The van der Waals surface area contributed by atoms with Crippen LogP contribution < -0.4 is 15.5 Å². The third-order valence-corrected chi connectivity index (χ3v) is 6.17. The highest BCUT2D eigenvalue weighted by Crippen LogP contribution is 2.30. The Morgan fingerprint density at radius 2 is 1.71 bits per heavy atom. The predicted octanol–water partition coefficient (Wildman–Crippen LogP) is 4.89. The van der Waals surface area contributed by atoms with Gasteiger partial charge in [-0.1, -0.05) is 30.3 Å². The number of nitrogens with one attached hydrogen (secondary N) is 2. The number of benzene rings is 3. The maximum absolute atomic E-state index is 14.9. The molecule has 178 valence electrons. The molecule has 1 aromatic heterocycles. The van der Waals surface area contributed by atoms with Gasteiger partial charge < -0.3 is 20.4 Å². The number of hydrogen-bond donors (Lipinski definition) is 2. The van der Waals surface area contributed by atoms with Gasteiger partial charge in [-0.3, -0.25) is 4.79 Å². The van der Waals surface area contributed by atoms with E-state index in [9.17, 15) is 9.18 Å². The quantitative estimate of drug-likeness (QED) is 0.433. The fourth-order valence-electron chi connectivity index (χ4n) is 4.30. The lowest BCUT2D eigenvalue weighted by Gasteiger charge is -2.34. The molecule has 1 aliphatic heterocycles. The van der Waals surface area contributed by atoms with E-state index in [4.69, 9.17) is 4.98 Å². The van der Waals surface area contributed by atoms with E-state index in [1.807, 2.05) is 54.6 Å². The van der Waals surface area contributed by atoms with Gasteiger partial charge in [0.1, 0.15) is 5.82 Å². The minimum Gasteiger partial charge on any atom is -0.367 e. The van der Waals surface area contributed by atoms with E-state index in [2.05, 4.69) is 32.5 Å². The smallest absolute Gasteiger partial charge is 0.227 e. The molecule has 4 aromatic rings. The Kier molecular flexibility index (Phi) is 6.29. The molecular weight excluding hydrogens is 443 g/mol. The maximum atomic E-state index is 14.9. The summed E-state index contributed by atoms with van der Waals surface area (Å²) in [6.45, 7) is 4.94. The third-order valence-electron chi connectivity index (χ3n) is 6.17. The van der Waals surface area contributed by atoms with Crippen molar-refractivity contribution in [2.75, 3.05) is 48.8 Å². The van der Waals surface area contributed by atoms with Crippen molar-refractivity contribution in [1.29, 1.82) is 0 Å². The van der Waals surface area contributed by atoms with Gasteiger partial charge in [0.25, 0.3) is 0 Å². The van der Waals surface area contributed by atoms with Crippen molar-refractivity contribution in [3.05, 3.63) is 72.7 Å². The van der Waals surface area contributed by atoms with Gasteiger partial charge in [-0.15, -0.1) is 0 Å². The lowest BCUT2D eigenvalue weighted by atomic mass is 10.0. The van der Waals surface area contributed by atoms with E-state index in [1.54, 1.807) is 6.20 Å². The van der Waals surface area contributed by atoms with Crippen LogP contribution in [0, 0.1) is 5.82 Å². The van der Waals surface area contributed by atoms with Crippen molar-refractivity contribution in [1.82, 2.24) is 14.9 Å². The van der Waals surface area contributed by atoms with Gasteiger partial charge >= 0.3 is 0 Å². The van der Waals surface area contributed by atoms with E-state index in [0.29, 0.717) is 17.3 Å². The number of fused-ring (bicyclic) bond motifs is 1. The molecular formula is C27H27FN6O. The van der Waals surface area contributed by atoms with Crippen LogP contribution >= 0.6 is 0 Å². The Hall–Kier alpha value is -4.04. The molecule has 0 radical (unpaired) electrons. The molecule has 2 heterocycles. The fourth-order valence-corrected chi connectivity index (χ4v) is 4.30. The van der Waals surface area contributed by atoms with E-state index in [0.717, 1.165) is 53.9 Å².